The number of nitrogens with one attached hydrogen (secondary N) is 1. The quantitative estimate of drug-likeness (QED) is 0.768. The maximum atomic E-state index is 6.14. The molecular formula is C13H11ClN6. The van der Waals surface area contributed by atoms with E-state index >= 15 is 0 Å². The Bertz CT molecular complexity index is 694. The van der Waals surface area contributed by atoms with Crippen molar-refractivity contribution in [2.75, 3.05) is 0 Å². The minimum atomic E-state index is -0.398. The van der Waals surface area contributed by atoms with Crippen molar-refractivity contribution in [2.45, 2.75) is 6.04 Å². The van der Waals surface area contributed by atoms with Gasteiger partial charge in [-0.15, -0.1) is 0 Å². The number of rotatable bonds is 3. The van der Waals surface area contributed by atoms with Crippen LogP contribution in [0.1, 0.15) is 17.4 Å². The summed E-state index contributed by atoms with van der Waals surface area (Å²) in [6, 6.07) is 6.90. The lowest BCUT2D eigenvalue weighted by molar-refractivity contribution is 0.787. The average molecular weight is 287 g/mol. The summed E-state index contributed by atoms with van der Waals surface area (Å²) in [6.07, 6.45) is 4.78. The van der Waals surface area contributed by atoms with Crippen molar-refractivity contribution >= 4 is 11.6 Å². The Labute approximate surface area is 120 Å². The first-order chi connectivity index (χ1) is 9.74. The number of H-pyrrole nitrogens is 1. The summed E-state index contributed by atoms with van der Waals surface area (Å²) in [6.45, 7) is 0. The third kappa shape index (κ3) is 2.52. The number of aromatic amines is 1. The molecule has 0 aliphatic heterocycles. The second-order valence-electron chi connectivity index (χ2n) is 4.16. The predicted molar refractivity (Wildman–Crippen MR) is 74.9 cm³/mol. The molecule has 3 rings (SSSR count). The van der Waals surface area contributed by atoms with Gasteiger partial charge in [0, 0.05) is 17.4 Å². The Morgan fingerprint density at radius 2 is 1.95 bits per heavy atom. The van der Waals surface area contributed by atoms with E-state index in [1.54, 1.807) is 30.7 Å². The van der Waals surface area contributed by atoms with Gasteiger partial charge in [-0.3, -0.25) is 10.1 Å². The molecule has 20 heavy (non-hydrogen) atoms. The van der Waals surface area contributed by atoms with Crippen LogP contribution >= 0.6 is 11.6 Å². The molecule has 0 aliphatic rings. The second kappa shape index (κ2) is 5.36. The van der Waals surface area contributed by atoms with Crippen molar-refractivity contribution in [1.29, 1.82) is 0 Å². The van der Waals surface area contributed by atoms with Gasteiger partial charge in [-0.1, -0.05) is 23.7 Å². The summed E-state index contributed by atoms with van der Waals surface area (Å²) in [5.41, 5.74) is 7.64. The van der Waals surface area contributed by atoms with Gasteiger partial charge in [0.25, 0.3) is 0 Å². The van der Waals surface area contributed by atoms with Gasteiger partial charge in [0.1, 0.15) is 11.5 Å². The fourth-order valence-electron chi connectivity index (χ4n) is 1.77. The molecule has 1 aromatic carbocycles. The first-order valence-corrected chi connectivity index (χ1v) is 6.31. The summed E-state index contributed by atoms with van der Waals surface area (Å²) >= 11 is 5.85. The van der Waals surface area contributed by atoms with Crippen molar-refractivity contribution < 1.29 is 0 Å². The molecule has 7 heteroatoms. The van der Waals surface area contributed by atoms with E-state index in [2.05, 4.69) is 25.1 Å². The Balaban J connectivity index is 1.88. The van der Waals surface area contributed by atoms with Gasteiger partial charge in [0.2, 0.25) is 5.82 Å². The molecule has 100 valence electrons. The standard InChI is InChI=1S/C13H11ClN6/c14-9-3-1-8(2-4-9)11(15)13-18-12(19-20-13)10-7-16-5-6-17-10/h1-7,11H,15H2,(H,18,19,20)/t11-/m0/s1. The van der Waals surface area contributed by atoms with Gasteiger partial charge in [-0.05, 0) is 17.7 Å². The molecule has 0 aliphatic carbocycles. The lowest BCUT2D eigenvalue weighted by Gasteiger charge is -2.08. The molecule has 0 amide bonds. The normalized spacial score (nSPS) is 12.3. The van der Waals surface area contributed by atoms with E-state index in [-0.39, 0.29) is 0 Å². The topological polar surface area (TPSA) is 93.4 Å². The molecule has 3 N–H and O–H groups in total. The monoisotopic (exact) mass is 286 g/mol. The van der Waals surface area contributed by atoms with Gasteiger partial charge in [-0.2, -0.15) is 5.10 Å². The first kappa shape index (κ1) is 12.7. The Morgan fingerprint density at radius 3 is 2.65 bits per heavy atom. The van der Waals surface area contributed by atoms with Gasteiger partial charge < -0.3 is 5.73 Å². The smallest absolute Gasteiger partial charge is 0.201 e. The summed E-state index contributed by atoms with van der Waals surface area (Å²) in [4.78, 5) is 12.5. The highest BCUT2D eigenvalue weighted by molar-refractivity contribution is 6.30. The molecule has 0 fully saturated rings. The van der Waals surface area contributed by atoms with Gasteiger partial charge in [0.05, 0.1) is 12.2 Å². The van der Waals surface area contributed by atoms with Crippen molar-refractivity contribution in [3.63, 3.8) is 0 Å². The van der Waals surface area contributed by atoms with Gasteiger partial charge in [-0.25, -0.2) is 9.97 Å². The molecule has 0 unspecified atom stereocenters. The van der Waals surface area contributed by atoms with Crippen LogP contribution in [0.15, 0.2) is 42.9 Å². The van der Waals surface area contributed by atoms with Crippen molar-refractivity contribution in [3.8, 4) is 11.5 Å². The molecule has 6 nitrogen and oxygen atoms in total. The highest BCUT2D eigenvalue weighted by atomic mass is 35.5. The van der Waals surface area contributed by atoms with Crippen molar-refractivity contribution in [2.24, 2.45) is 5.73 Å². The van der Waals surface area contributed by atoms with Crippen LogP contribution < -0.4 is 5.73 Å². The Morgan fingerprint density at radius 1 is 1.15 bits per heavy atom. The summed E-state index contributed by atoms with van der Waals surface area (Å²) < 4.78 is 0. The third-order valence-corrected chi connectivity index (χ3v) is 3.07. The molecule has 2 aromatic heterocycles. The molecular weight excluding hydrogens is 276 g/mol. The van der Waals surface area contributed by atoms with E-state index in [1.807, 2.05) is 12.1 Å². The lowest BCUT2D eigenvalue weighted by atomic mass is 10.1. The Hall–Kier alpha value is -2.31. The van der Waals surface area contributed by atoms with Crippen LogP contribution in [-0.4, -0.2) is 25.1 Å². The highest BCUT2D eigenvalue weighted by Crippen LogP contribution is 2.20. The predicted octanol–water partition coefficient (Wildman–Crippen LogP) is 1.96. The van der Waals surface area contributed by atoms with E-state index in [4.69, 9.17) is 17.3 Å². The number of nitrogens with two attached hydrogens (primary N) is 1. The molecule has 0 bridgehead atoms. The van der Waals surface area contributed by atoms with Crippen LogP contribution in [0.2, 0.25) is 5.02 Å². The molecule has 0 radical (unpaired) electrons. The lowest BCUT2D eigenvalue weighted by Crippen LogP contribution is -2.13. The molecule has 0 spiro atoms. The van der Waals surface area contributed by atoms with Crippen LogP contribution in [0, 0.1) is 0 Å². The Kier molecular flexibility index (Phi) is 3.41. The van der Waals surface area contributed by atoms with Gasteiger partial charge >= 0.3 is 0 Å². The van der Waals surface area contributed by atoms with Crippen molar-refractivity contribution in [1.82, 2.24) is 25.1 Å². The number of aromatic nitrogens is 5. The molecule has 3 aromatic rings. The SMILES string of the molecule is N[C@@H](c1ccc(Cl)cc1)c1nc(-c2cnccn2)n[nH]1. The van der Waals surface area contributed by atoms with Crippen LogP contribution in [0.3, 0.4) is 0 Å². The minimum absolute atomic E-state index is 0.398. The van der Waals surface area contributed by atoms with E-state index in [1.165, 1.54) is 0 Å². The second-order valence-corrected chi connectivity index (χ2v) is 4.60. The van der Waals surface area contributed by atoms with Gasteiger partial charge in [0.15, 0.2) is 0 Å². The largest absolute Gasteiger partial charge is 0.318 e. The molecule has 0 saturated carbocycles. The minimum Gasteiger partial charge on any atom is -0.318 e. The average Bonchev–Trinajstić information content (AvgIpc) is 2.98. The highest BCUT2D eigenvalue weighted by Gasteiger charge is 2.15. The van der Waals surface area contributed by atoms with E-state index in [0.717, 1.165) is 5.56 Å². The summed E-state index contributed by atoms with van der Waals surface area (Å²) in [5, 5.41) is 7.60. The summed E-state index contributed by atoms with van der Waals surface area (Å²) in [7, 11) is 0. The van der Waals surface area contributed by atoms with Crippen LogP contribution in [0.5, 0.6) is 0 Å². The zero-order valence-corrected chi connectivity index (χ0v) is 11.1. The zero-order valence-electron chi connectivity index (χ0n) is 10.4. The number of nitrogens with zero attached hydrogens (tertiary/aromatic N) is 4. The van der Waals surface area contributed by atoms with Crippen molar-refractivity contribution in [3.05, 3.63) is 59.3 Å². The van der Waals surface area contributed by atoms with Crippen LogP contribution in [0.4, 0.5) is 0 Å². The number of hydrogen-bond donors (Lipinski definition) is 2. The number of halogens is 1. The van der Waals surface area contributed by atoms with Crippen LogP contribution in [-0.2, 0) is 0 Å². The zero-order chi connectivity index (χ0) is 13.9. The fourth-order valence-corrected chi connectivity index (χ4v) is 1.90. The number of benzene rings is 1. The maximum Gasteiger partial charge on any atom is 0.201 e. The first-order valence-electron chi connectivity index (χ1n) is 5.94. The van der Waals surface area contributed by atoms with E-state index in [0.29, 0.717) is 22.4 Å². The maximum absolute atomic E-state index is 6.14. The fraction of sp³-hybridized carbons (Fsp3) is 0.0769. The number of hydrogen-bond acceptors (Lipinski definition) is 5. The summed E-state index contributed by atoms with van der Waals surface area (Å²) in [5.74, 6) is 1.03. The molecule has 0 saturated heterocycles. The third-order valence-electron chi connectivity index (χ3n) is 2.82. The van der Waals surface area contributed by atoms with Crippen LogP contribution in [0.25, 0.3) is 11.5 Å². The molecule has 1 atom stereocenters. The molecule has 2 heterocycles. The van der Waals surface area contributed by atoms with E-state index < -0.39 is 6.04 Å². The van der Waals surface area contributed by atoms with E-state index in [9.17, 15) is 0 Å².